The number of hydrogen-bond donors (Lipinski definition) is 4. The molecule has 0 aliphatic rings. The largest absolute Gasteiger partial charge is 0.491 e. The number of para-hydroxylation sites is 1. The first-order chi connectivity index (χ1) is 17.4. The van der Waals surface area contributed by atoms with Gasteiger partial charge in [-0.05, 0) is 60.0 Å². The molecule has 9 heteroatoms. The van der Waals surface area contributed by atoms with Crippen molar-refractivity contribution >= 4 is 52.0 Å². The number of halogens is 2. The molecule has 1 heterocycles. The molecular weight excluding hydrogens is 501 g/mol. The SMILES string of the molecule is O=C(/C=C/c1ccc(OC[C@H](Cc2c[nH]c3ccccc23)NC(=O)c2ccc(Cl)c(Cl)c2)cc1)NO. The van der Waals surface area contributed by atoms with E-state index in [0.717, 1.165) is 22.0 Å². The molecule has 0 radical (unpaired) electrons. The lowest BCUT2D eigenvalue weighted by Crippen LogP contribution is -2.40. The Morgan fingerprint density at radius 1 is 1.03 bits per heavy atom. The molecule has 0 aliphatic carbocycles. The lowest BCUT2D eigenvalue weighted by Gasteiger charge is -2.20. The molecule has 3 aromatic carbocycles. The maximum absolute atomic E-state index is 13.0. The van der Waals surface area contributed by atoms with Gasteiger partial charge in [-0.1, -0.05) is 53.5 Å². The van der Waals surface area contributed by atoms with Crippen LogP contribution in [0.25, 0.3) is 17.0 Å². The fourth-order valence-corrected chi connectivity index (χ4v) is 4.00. The van der Waals surface area contributed by atoms with Crippen LogP contribution >= 0.6 is 23.2 Å². The maximum atomic E-state index is 13.0. The number of fused-ring (bicyclic) bond motifs is 1. The van der Waals surface area contributed by atoms with Crippen molar-refractivity contribution in [1.82, 2.24) is 15.8 Å². The van der Waals surface area contributed by atoms with E-state index >= 15 is 0 Å². The van der Waals surface area contributed by atoms with Crippen LogP contribution in [0.1, 0.15) is 21.5 Å². The van der Waals surface area contributed by atoms with E-state index in [1.54, 1.807) is 48.0 Å². The number of ether oxygens (including phenoxy) is 1. The minimum atomic E-state index is -0.617. The quantitative estimate of drug-likeness (QED) is 0.134. The molecule has 4 rings (SSSR count). The number of carbonyl (C=O) groups excluding carboxylic acids is 2. The topological polar surface area (TPSA) is 103 Å². The molecule has 184 valence electrons. The number of rotatable bonds is 9. The highest BCUT2D eigenvalue weighted by molar-refractivity contribution is 6.42. The Morgan fingerprint density at radius 3 is 2.56 bits per heavy atom. The summed E-state index contributed by atoms with van der Waals surface area (Å²) in [5.74, 6) is -0.302. The van der Waals surface area contributed by atoms with Crippen molar-refractivity contribution in [1.29, 1.82) is 0 Å². The van der Waals surface area contributed by atoms with Crippen molar-refractivity contribution in [2.45, 2.75) is 12.5 Å². The van der Waals surface area contributed by atoms with Gasteiger partial charge >= 0.3 is 0 Å². The third-order valence-corrected chi connectivity index (χ3v) is 6.27. The fourth-order valence-electron chi connectivity index (χ4n) is 3.70. The van der Waals surface area contributed by atoms with Gasteiger partial charge in [-0.15, -0.1) is 0 Å². The number of benzene rings is 3. The predicted octanol–water partition coefficient (Wildman–Crippen LogP) is 5.41. The van der Waals surface area contributed by atoms with Gasteiger partial charge in [0, 0.05) is 28.7 Å². The summed E-state index contributed by atoms with van der Waals surface area (Å²) < 4.78 is 5.99. The first-order valence-corrected chi connectivity index (χ1v) is 11.8. The van der Waals surface area contributed by atoms with Gasteiger partial charge in [-0.3, -0.25) is 14.8 Å². The van der Waals surface area contributed by atoms with Crippen LogP contribution < -0.4 is 15.5 Å². The van der Waals surface area contributed by atoms with Crippen LogP contribution in [0, 0.1) is 0 Å². The Labute approximate surface area is 217 Å². The van der Waals surface area contributed by atoms with Crippen LogP contribution in [-0.4, -0.2) is 34.7 Å². The highest BCUT2D eigenvalue weighted by Gasteiger charge is 2.18. The Hall–Kier alpha value is -3.78. The summed E-state index contributed by atoms with van der Waals surface area (Å²) in [6.45, 7) is 0.217. The molecule has 0 fully saturated rings. The van der Waals surface area contributed by atoms with Crippen molar-refractivity contribution in [2.24, 2.45) is 0 Å². The second kappa shape index (κ2) is 11.8. The van der Waals surface area contributed by atoms with E-state index in [1.807, 2.05) is 30.5 Å². The second-order valence-electron chi connectivity index (χ2n) is 8.05. The lowest BCUT2D eigenvalue weighted by atomic mass is 10.0. The smallest absolute Gasteiger partial charge is 0.267 e. The first kappa shape index (κ1) is 25.3. The second-order valence-corrected chi connectivity index (χ2v) is 8.87. The summed E-state index contributed by atoms with van der Waals surface area (Å²) in [6, 6.07) is 19.4. The molecule has 0 spiro atoms. The van der Waals surface area contributed by atoms with Gasteiger partial charge in [-0.2, -0.15) is 0 Å². The third-order valence-electron chi connectivity index (χ3n) is 5.53. The van der Waals surface area contributed by atoms with Crippen molar-refractivity contribution in [3.8, 4) is 5.75 Å². The van der Waals surface area contributed by atoms with Crippen LogP contribution in [0.5, 0.6) is 5.75 Å². The van der Waals surface area contributed by atoms with E-state index in [2.05, 4.69) is 10.3 Å². The molecule has 0 aliphatic heterocycles. The van der Waals surface area contributed by atoms with Gasteiger partial charge in [0.15, 0.2) is 0 Å². The van der Waals surface area contributed by atoms with Gasteiger partial charge < -0.3 is 15.0 Å². The summed E-state index contributed by atoms with van der Waals surface area (Å²) in [6.07, 6.45) is 5.25. The lowest BCUT2D eigenvalue weighted by molar-refractivity contribution is -0.124. The van der Waals surface area contributed by atoms with Crippen molar-refractivity contribution in [2.75, 3.05) is 6.61 Å². The molecule has 2 amide bonds. The highest BCUT2D eigenvalue weighted by Crippen LogP contribution is 2.23. The van der Waals surface area contributed by atoms with E-state index in [-0.39, 0.29) is 18.6 Å². The zero-order valence-electron chi connectivity index (χ0n) is 19.0. The molecule has 4 aromatic rings. The molecule has 0 saturated carbocycles. The van der Waals surface area contributed by atoms with Crippen LogP contribution in [0.4, 0.5) is 0 Å². The fraction of sp³-hybridized carbons (Fsp3) is 0.111. The Bertz CT molecular complexity index is 1400. The summed E-state index contributed by atoms with van der Waals surface area (Å²) >= 11 is 12.1. The molecule has 0 bridgehead atoms. The Balaban J connectivity index is 1.49. The summed E-state index contributed by atoms with van der Waals surface area (Å²) in [7, 11) is 0. The number of carbonyl (C=O) groups is 2. The van der Waals surface area contributed by atoms with Gasteiger partial charge in [0.25, 0.3) is 11.8 Å². The number of nitrogens with one attached hydrogen (secondary N) is 3. The molecule has 0 saturated heterocycles. The van der Waals surface area contributed by atoms with E-state index < -0.39 is 5.91 Å². The average Bonchev–Trinajstić information content (AvgIpc) is 3.30. The van der Waals surface area contributed by atoms with Crippen molar-refractivity contribution in [3.05, 3.63) is 106 Å². The predicted molar refractivity (Wildman–Crippen MR) is 141 cm³/mol. The standard InChI is InChI=1S/C27H23Cl2N3O4/c28-23-11-8-18(14-24(23)29)27(34)31-20(13-19-15-30-25-4-2-1-3-22(19)25)16-36-21-9-5-17(6-10-21)7-12-26(33)32-35/h1-12,14-15,20,30,35H,13,16H2,(H,31,34)(H,32,33)/b12-7+/t20-/m0/s1. The normalized spacial score (nSPS) is 12.0. The number of amides is 2. The van der Waals surface area contributed by atoms with Crippen LogP contribution in [0.15, 0.2) is 79.0 Å². The number of aromatic amines is 1. The molecule has 1 aromatic heterocycles. The summed E-state index contributed by atoms with van der Waals surface area (Å²) in [5.41, 5.74) is 4.77. The van der Waals surface area contributed by atoms with Gasteiger partial charge in [0.1, 0.15) is 12.4 Å². The number of H-pyrrole nitrogens is 1. The van der Waals surface area contributed by atoms with Gasteiger partial charge in [-0.25, -0.2) is 5.48 Å². The maximum Gasteiger partial charge on any atom is 0.267 e. The first-order valence-electron chi connectivity index (χ1n) is 11.1. The zero-order valence-corrected chi connectivity index (χ0v) is 20.5. The monoisotopic (exact) mass is 523 g/mol. The number of hydrogen-bond acceptors (Lipinski definition) is 4. The molecule has 1 atom stereocenters. The minimum Gasteiger partial charge on any atom is -0.491 e. The van der Waals surface area contributed by atoms with Crippen molar-refractivity contribution < 1.29 is 19.5 Å². The third kappa shape index (κ3) is 6.46. The van der Waals surface area contributed by atoms with Gasteiger partial charge in [0.05, 0.1) is 16.1 Å². The van der Waals surface area contributed by atoms with E-state index in [4.69, 9.17) is 33.1 Å². The molecule has 4 N–H and O–H groups in total. The minimum absolute atomic E-state index is 0.217. The summed E-state index contributed by atoms with van der Waals surface area (Å²) in [5, 5.41) is 13.4. The molecule has 36 heavy (non-hydrogen) atoms. The van der Waals surface area contributed by atoms with Crippen LogP contribution in [-0.2, 0) is 11.2 Å². The summed E-state index contributed by atoms with van der Waals surface area (Å²) in [4.78, 5) is 27.4. The van der Waals surface area contributed by atoms with E-state index in [1.165, 1.54) is 12.1 Å². The highest BCUT2D eigenvalue weighted by atomic mass is 35.5. The van der Waals surface area contributed by atoms with Crippen molar-refractivity contribution in [3.63, 3.8) is 0 Å². The Kier molecular flexibility index (Phi) is 8.28. The average molecular weight is 524 g/mol. The number of aromatic nitrogens is 1. The molecule has 0 unspecified atom stereocenters. The van der Waals surface area contributed by atoms with Crippen LogP contribution in [0.3, 0.4) is 0 Å². The van der Waals surface area contributed by atoms with E-state index in [0.29, 0.717) is 27.8 Å². The number of hydroxylamine groups is 1. The van der Waals surface area contributed by atoms with Crippen LogP contribution in [0.2, 0.25) is 10.0 Å². The zero-order chi connectivity index (χ0) is 25.5. The molecular formula is C27H23Cl2N3O4. The van der Waals surface area contributed by atoms with Gasteiger partial charge in [0.2, 0.25) is 0 Å². The molecule has 7 nitrogen and oxygen atoms in total. The Morgan fingerprint density at radius 2 is 1.81 bits per heavy atom. The van der Waals surface area contributed by atoms with E-state index in [9.17, 15) is 9.59 Å².